The second-order valence-electron chi connectivity index (χ2n) is 10.4. The average Bonchev–Trinajstić information content (AvgIpc) is 3.52. The Balaban J connectivity index is 1.12. The number of hydrogen-bond donors (Lipinski definition) is 1. The van der Waals surface area contributed by atoms with E-state index in [0.717, 1.165) is 54.0 Å². The van der Waals surface area contributed by atoms with Crippen LogP contribution >= 0.6 is 0 Å². The summed E-state index contributed by atoms with van der Waals surface area (Å²) in [5.41, 5.74) is 5.61. The highest BCUT2D eigenvalue weighted by molar-refractivity contribution is 5.95. The zero-order chi connectivity index (χ0) is 27.9. The van der Waals surface area contributed by atoms with E-state index in [0.29, 0.717) is 29.1 Å². The highest BCUT2D eigenvalue weighted by Crippen LogP contribution is 2.31. The molecule has 3 aromatic carbocycles. The summed E-state index contributed by atoms with van der Waals surface area (Å²) in [7, 11) is 1.85. The quantitative estimate of drug-likeness (QED) is 0.283. The number of aromatic nitrogens is 6. The van der Waals surface area contributed by atoms with E-state index in [1.54, 1.807) is 22.9 Å². The Hall–Kier alpha value is -4.86. The Labute approximate surface area is 235 Å². The van der Waals surface area contributed by atoms with Crippen molar-refractivity contribution in [3.05, 3.63) is 96.3 Å². The highest BCUT2D eigenvalue weighted by Gasteiger charge is 2.25. The summed E-state index contributed by atoms with van der Waals surface area (Å²) in [4.78, 5) is 16.3. The number of piperidine rings is 1. The zero-order valence-corrected chi connectivity index (χ0v) is 22.5. The van der Waals surface area contributed by atoms with Gasteiger partial charge in [-0.1, -0.05) is 36.4 Å². The standard InChI is InChI=1S/C31H28F2N8/c1-39-29-28(27(38-39)21-7-5-9-23(33)17-21)34-19-35-30(29)36-24-12-14-40(15-13-24)31-37-25-10-2-3-11-26(25)41(31)18-20-6-4-8-22(32)16-20/h2-11,16-17,19,24H,12-15,18H2,1H3,(H,34,35,36). The van der Waals surface area contributed by atoms with Gasteiger partial charge in [-0.3, -0.25) is 4.68 Å². The van der Waals surface area contributed by atoms with Gasteiger partial charge in [-0.25, -0.2) is 23.7 Å². The molecule has 0 atom stereocenters. The molecule has 7 rings (SSSR count). The largest absolute Gasteiger partial charge is 0.365 e. The van der Waals surface area contributed by atoms with Crippen molar-refractivity contribution in [1.82, 2.24) is 29.3 Å². The van der Waals surface area contributed by atoms with Gasteiger partial charge in [0.2, 0.25) is 5.95 Å². The number of halogens is 2. The van der Waals surface area contributed by atoms with Gasteiger partial charge in [0.25, 0.3) is 0 Å². The molecule has 8 nitrogen and oxygen atoms in total. The van der Waals surface area contributed by atoms with Crippen LogP contribution in [0.1, 0.15) is 18.4 Å². The number of benzene rings is 3. The molecule has 0 bridgehead atoms. The Kier molecular flexibility index (Phi) is 6.30. The van der Waals surface area contributed by atoms with E-state index in [9.17, 15) is 8.78 Å². The number of para-hydroxylation sites is 2. The van der Waals surface area contributed by atoms with E-state index in [4.69, 9.17) is 4.98 Å². The Morgan fingerprint density at radius 3 is 2.49 bits per heavy atom. The SMILES string of the molecule is Cn1nc(-c2cccc(F)c2)c2ncnc(NC3CCN(c4nc5ccccc5n4Cc4cccc(F)c4)CC3)c21. The van der Waals surface area contributed by atoms with Crippen LogP contribution in [0.25, 0.3) is 33.3 Å². The summed E-state index contributed by atoms with van der Waals surface area (Å²) in [6, 6.07) is 21.4. The van der Waals surface area contributed by atoms with Crippen molar-refractivity contribution >= 4 is 33.8 Å². The lowest BCUT2D eigenvalue weighted by atomic mass is 10.1. The Morgan fingerprint density at radius 2 is 1.68 bits per heavy atom. The first-order chi connectivity index (χ1) is 20.0. The number of nitrogens with zero attached hydrogens (tertiary/aromatic N) is 7. The molecule has 0 aliphatic carbocycles. The molecule has 1 N–H and O–H groups in total. The fraction of sp³-hybridized carbons (Fsp3) is 0.226. The lowest BCUT2D eigenvalue weighted by Gasteiger charge is -2.33. The van der Waals surface area contributed by atoms with Crippen LogP contribution in [-0.4, -0.2) is 48.4 Å². The molecule has 10 heteroatoms. The molecular weight excluding hydrogens is 522 g/mol. The second-order valence-corrected chi connectivity index (χ2v) is 10.4. The number of rotatable bonds is 6. The summed E-state index contributed by atoms with van der Waals surface area (Å²) in [6.45, 7) is 2.15. The third-order valence-corrected chi connectivity index (χ3v) is 7.70. The lowest BCUT2D eigenvalue weighted by molar-refractivity contribution is 0.514. The zero-order valence-electron chi connectivity index (χ0n) is 22.5. The third kappa shape index (κ3) is 4.75. The minimum Gasteiger partial charge on any atom is -0.365 e. The Bertz CT molecular complexity index is 1870. The number of imidazole rings is 1. The van der Waals surface area contributed by atoms with Gasteiger partial charge in [0, 0.05) is 31.7 Å². The molecular formula is C31H28F2N8. The summed E-state index contributed by atoms with van der Waals surface area (Å²) < 4.78 is 31.8. The topological polar surface area (TPSA) is 76.7 Å². The van der Waals surface area contributed by atoms with Gasteiger partial charge in [-0.2, -0.15) is 5.10 Å². The highest BCUT2D eigenvalue weighted by atomic mass is 19.1. The smallest absolute Gasteiger partial charge is 0.206 e. The molecule has 0 radical (unpaired) electrons. The van der Waals surface area contributed by atoms with Gasteiger partial charge in [0.1, 0.15) is 34.7 Å². The van der Waals surface area contributed by atoms with E-state index in [-0.39, 0.29) is 17.7 Å². The van der Waals surface area contributed by atoms with Crippen molar-refractivity contribution < 1.29 is 8.78 Å². The van der Waals surface area contributed by atoms with Gasteiger partial charge in [-0.15, -0.1) is 0 Å². The van der Waals surface area contributed by atoms with Crippen molar-refractivity contribution in [2.24, 2.45) is 7.05 Å². The molecule has 1 saturated heterocycles. The molecule has 1 aliphatic rings. The van der Waals surface area contributed by atoms with Gasteiger partial charge in [-0.05, 0) is 54.8 Å². The van der Waals surface area contributed by atoms with Crippen molar-refractivity contribution in [1.29, 1.82) is 0 Å². The number of anilines is 2. The van der Waals surface area contributed by atoms with Crippen molar-refractivity contribution in [3.8, 4) is 11.3 Å². The molecule has 3 aromatic heterocycles. The third-order valence-electron chi connectivity index (χ3n) is 7.70. The molecule has 41 heavy (non-hydrogen) atoms. The van der Waals surface area contributed by atoms with Crippen molar-refractivity contribution in [2.75, 3.05) is 23.3 Å². The van der Waals surface area contributed by atoms with Crippen LogP contribution in [0, 0.1) is 11.6 Å². The van der Waals surface area contributed by atoms with Crippen LogP contribution in [0.5, 0.6) is 0 Å². The summed E-state index contributed by atoms with van der Waals surface area (Å²) >= 11 is 0. The van der Waals surface area contributed by atoms with E-state index in [1.807, 2.05) is 37.4 Å². The molecule has 0 amide bonds. The van der Waals surface area contributed by atoms with Crippen LogP contribution in [0.2, 0.25) is 0 Å². The molecule has 0 saturated carbocycles. The van der Waals surface area contributed by atoms with E-state index < -0.39 is 0 Å². The van der Waals surface area contributed by atoms with Gasteiger partial charge < -0.3 is 14.8 Å². The van der Waals surface area contributed by atoms with Crippen LogP contribution in [0.4, 0.5) is 20.5 Å². The van der Waals surface area contributed by atoms with Crippen LogP contribution < -0.4 is 10.2 Å². The normalized spacial score (nSPS) is 14.3. The predicted molar refractivity (Wildman–Crippen MR) is 156 cm³/mol. The van der Waals surface area contributed by atoms with Crippen LogP contribution in [0.3, 0.4) is 0 Å². The molecule has 206 valence electrons. The van der Waals surface area contributed by atoms with Crippen molar-refractivity contribution in [2.45, 2.75) is 25.4 Å². The molecule has 1 fully saturated rings. The maximum atomic E-state index is 13.9. The number of nitrogens with one attached hydrogen (secondary N) is 1. The van der Waals surface area contributed by atoms with E-state index in [2.05, 4.69) is 35.9 Å². The van der Waals surface area contributed by atoms with Gasteiger partial charge in [0.15, 0.2) is 5.82 Å². The predicted octanol–water partition coefficient (Wildman–Crippen LogP) is 5.79. The second kappa shape index (κ2) is 10.3. The molecule has 6 aromatic rings. The summed E-state index contributed by atoms with van der Waals surface area (Å²) in [6.07, 6.45) is 3.28. The van der Waals surface area contributed by atoms with E-state index >= 15 is 0 Å². The van der Waals surface area contributed by atoms with E-state index in [1.165, 1.54) is 24.5 Å². The number of aryl methyl sites for hydroxylation is 1. The first-order valence-corrected chi connectivity index (χ1v) is 13.7. The van der Waals surface area contributed by atoms with Crippen LogP contribution in [0.15, 0.2) is 79.1 Å². The molecule has 0 spiro atoms. The summed E-state index contributed by atoms with van der Waals surface area (Å²) in [5.74, 6) is 1.05. The minimum atomic E-state index is -0.315. The minimum absolute atomic E-state index is 0.193. The fourth-order valence-electron chi connectivity index (χ4n) is 5.74. The summed E-state index contributed by atoms with van der Waals surface area (Å²) in [5, 5.41) is 8.26. The van der Waals surface area contributed by atoms with Gasteiger partial charge in [0.05, 0.1) is 17.6 Å². The molecule has 0 unspecified atom stereocenters. The number of hydrogen-bond acceptors (Lipinski definition) is 6. The maximum absolute atomic E-state index is 13.9. The first kappa shape index (κ1) is 25.1. The first-order valence-electron chi connectivity index (χ1n) is 13.7. The maximum Gasteiger partial charge on any atom is 0.206 e. The van der Waals surface area contributed by atoms with Crippen molar-refractivity contribution in [3.63, 3.8) is 0 Å². The Morgan fingerprint density at radius 1 is 0.902 bits per heavy atom. The lowest BCUT2D eigenvalue weighted by Crippen LogP contribution is -2.40. The van der Waals surface area contributed by atoms with Crippen LogP contribution in [-0.2, 0) is 13.6 Å². The fourth-order valence-corrected chi connectivity index (χ4v) is 5.74. The number of fused-ring (bicyclic) bond motifs is 2. The molecule has 1 aliphatic heterocycles. The van der Waals surface area contributed by atoms with Gasteiger partial charge >= 0.3 is 0 Å². The average molecular weight is 551 g/mol. The molecule has 4 heterocycles. The monoisotopic (exact) mass is 550 g/mol.